The number of guanidine groups is 1. The molecule has 6 heteroatoms. The summed E-state index contributed by atoms with van der Waals surface area (Å²) < 4.78 is 5.60. The summed E-state index contributed by atoms with van der Waals surface area (Å²) in [5, 5.41) is 16.1. The van der Waals surface area contributed by atoms with Gasteiger partial charge in [0.2, 0.25) is 0 Å². The SMILES string of the molecule is CCCC(CCO)CNC(=NCC1(CCOCC)CCCC1)NCC.I. The van der Waals surface area contributed by atoms with E-state index in [-0.39, 0.29) is 30.6 Å². The molecule has 0 amide bonds. The molecule has 3 N–H and O–H groups in total. The van der Waals surface area contributed by atoms with Crippen LogP contribution in [0.3, 0.4) is 0 Å². The van der Waals surface area contributed by atoms with Gasteiger partial charge in [0.15, 0.2) is 5.96 Å². The first-order valence-corrected chi connectivity index (χ1v) is 10.4. The molecule has 0 heterocycles. The van der Waals surface area contributed by atoms with Gasteiger partial charge in [-0.2, -0.15) is 0 Å². The molecule has 1 aliphatic carbocycles. The van der Waals surface area contributed by atoms with Crippen molar-refractivity contribution in [2.24, 2.45) is 16.3 Å². The molecule has 0 saturated heterocycles. The molecule has 1 atom stereocenters. The van der Waals surface area contributed by atoms with Crippen molar-refractivity contribution in [3.8, 4) is 0 Å². The third-order valence-electron chi connectivity index (χ3n) is 5.35. The normalized spacial score (nSPS) is 17.6. The summed E-state index contributed by atoms with van der Waals surface area (Å²) in [5.74, 6) is 1.43. The highest BCUT2D eigenvalue weighted by atomic mass is 127. The molecule has 0 spiro atoms. The van der Waals surface area contributed by atoms with Crippen molar-refractivity contribution >= 4 is 29.9 Å². The third-order valence-corrected chi connectivity index (χ3v) is 5.35. The predicted octanol–water partition coefficient (Wildman–Crippen LogP) is 3.95. The Bertz CT molecular complexity index is 355. The van der Waals surface area contributed by atoms with E-state index in [1.165, 1.54) is 25.7 Å². The minimum absolute atomic E-state index is 0. The molecular weight excluding hydrogens is 441 g/mol. The quantitative estimate of drug-likeness (QED) is 0.161. The number of nitrogens with one attached hydrogen (secondary N) is 2. The molecule has 1 fully saturated rings. The highest BCUT2D eigenvalue weighted by Gasteiger charge is 2.33. The van der Waals surface area contributed by atoms with Gasteiger partial charge >= 0.3 is 0 Å². The number of aliphatic imine (C=N–C) groups is 1. The fourth-order valence-corrected chi connectivity index (χ4v) is 3.81. The molecule has 0 bridgehead atoms. The second-order valence-electron chi connectivity index (χ2n) is 7.40. The third kappa shape index (κ3) is 10.3. The fourth-order valence-electron chi connectivity index (χ4n) is 3.81. The fraction of sp³-hybridized carbons (Fsp3) is 0.950. The molecule has 0 aromatic carbocycles. The van der Waals surface area contributed by atoms with Gasteiger partial charge in [0, 0.05) is 39.5 Å². The molecule has 0 aromatic rings. The van der Waals surface area contributed by atoms with Crippen LogP contribution < -0.4 is 10.6 Å². The maximum Gasteiger partial charge on any atom is 0.191 e. The van der Waals surface area contributed by atoms with Crippen LogP contribution in [-0.2, 0) is 4.74 Å². The van der Waals surface area contributed by atoms with Crippen molar-refractivity contribution in [2.75, 3.05) is 39.5 Å². The topological polar surface area (TPSA) is 65.9 Å². The van der Waals surface area contributed by atoms with Crippen molar-refractivity contribution in [1.82, 2.24) is 10.6 Å². The number of halogens is 1. The summed E-state index contributed by atoms with van der Waals surface area (Å²) in [6, 6.07) is 0. The first-order valence-electron chi connectivity index (χ1n) is 10.4. The van der Waals surface area contributed by atoms with E-state index in [1.807, 2.05) is 0 Å². The van der Waals surface area contributed by atoms with Crippen LogP contribution in [0, 0.1) is 11.3 Å². The summed E-state index contributed by atoms with van der Waals surface area (Å²) in [4.78, 5) is 4.91. The van der Waals surface area contributed by atoms with E-state index in [2.05, 4.69) is 31.4 Å². The predicted molar refractivity (Wildman–Crippen MR) is 122 cm³/mol. The second-order valence-corrected chi connectivity index (χ2v) is 7.40. The summed E-state index contributed by atoms with van der Waals surface area (Å²) >= 11 is 0. The number of aliphatic hydroxyl groups excluding tert-OH is 1. The van der Waals surface area contributed by atoms with E-state index in [0.717, 1.165) is 64.5 Å². The number of ether oxygens (including phenoxy) is 1. The minimum atomic E-state index is 0. The van der Waals surface area contributed by atoms with Crippen molar-refractivity contribution < 1.29 is 9.84 Å². The average Bonchev–Trinajstić information content (AvgIpc) is 3.07. The maximum atomic E-state index is 9.23. The number of aliphatic hydroxyl groups is 1. The lowest BCUT2D eigenvalue weighted by atomic mass is 9.83. The number of nitrogens with zero attached hydrogens (tertiary/aromatic N) is 1. The van der Waals surface area contributed by atoms with Gasteiger partial charge in [0.1, 0.15) is 0 Å². The van der Waals surface area contributed by atoms with E-state index >= 15 is 0 Å². The van der Waals surface area contributed by atoms with Gasteiger partial charge in [-0.1, -0.05) is 26.2 Å². The van der Waals surface area contributed by atoms with Gasteiger partial charge < -0.3 is 20.5 Å². The zero-order valence-electron chi connectivity index (χ0n) is 17.2. The van der Waals surface area contributed by atoms with Crippen molar-refractivity contribution in [3.63, 3.8) is 0 Å². The lowest BCUT2D eigenvalue weighted by molar-refractivity contribution is 0.107. The molecule has 5 nitrogen and oxygen atoms in total. The van der Waals surface area contributed by atoms with Crippen LogP contribution in [0.2, 0.25) is 0 Å². The smallest absolute Gasteiger partial charge is 0.191 e. The first-order chi connectivity index (χ1) is 12.2. The molecule has 1 aliphatic rings. The molecular formula is C20H42IN3O2. The van der Waals surface area contributed by atoms with Gasteiger partial charge in [-0.15, -0.1) is 24.0 Å². The van der Waals surface area contributed by atoms with Gasteiger partial charge in [0.05, 0.1) is 0 Å². The Morgan fingerprint density at radius 2 is 1.88 bits per heavy atom. The lowest BCUT2D eigenvalue weighted by Crippen LogP contribution is -2.41. The van der Waals surface area contributed by atoms with E-state index in [9.17, 15) is 5.11 Å². The molecule has 0 aliphatic heterocycles. The number of rotatable bonds is 13. The summed E-state index contributed by atoms with van der Waals surface area (Å²) in [6.07, 6.45) is 9.45. The van der Waals surface area contributed by atoms with E-state index in [1.54, 1.807) is 0 Å². The van der Waals surface area contributed by atoms with Gasteiger partial charge in [-0.25, -0.2) is 0 Å². The Hall–Kier alpha value is -0.0800. The first kappa shape index (κ1) is 25.9. The van der Waals surface area contributed by atoms with Gasteiger partial charge in [0.25, 0.3) is 0 Å². The molecule has 0 aromatic heterocycles. The highest BCUT2D eigenvalue weighted by Crippen LogP contribution is 2.41. The molecule has 1 unspecified atom stereocenters. The van der Waals surface area contributed by atoms with E-state index in [0.29, 0.717) is 11.3 Å². The van der Waals surface area contributed by atoms with Crippen molar-refractivity contribution in [1.29, 1.82) is 0 Å². The summed E-state index contributed by atoms with van der Waals surface area (Å²) in [7, 11) is 0. The minimum Gasteiger partial charge on any atom is -0.396 e. The van der Waals surface area contributed by atoms with E-state index in [4.69, 9.17) is 9.73 Å². The second kappa shape index (κ2) is 15.9. The molecule has 0 radical (unpaired) electrons. The highest BCUT2D eigenvalue weighted by molar-refractivity contribution is 14.0. The molecule has 1 saturated carbocycles. The zero-order chi connectivity index (χ0) is 18.4. The number of hydrogen-bond donors (Lipinski definition) is 3. The van der Waals surface area contributed by atoms with Crippen molar-refractivity contribution in [3.05, 3.63) is 0 Å². The Labute approximate surface area is 178 Å². The van der Waals surface area contributed by atoms with Crippen LogP contribution >= 0.6 is 24.0 Å². The van der Waals surface area contributed by atoms with Crippen LogP contribution in [0.1, 0.15) is 72.1 Å². The Morgan fingerprint density at radius 1 is 1.15 bits per heavy atom. The zero-order valence-corrected chi connectivity index (χ0v) is 19.5. The van der Waals surface area contributed by atoms with Crippen molar-refractivity contribution in [2.45, 2.75) is 72.1 Å². The molecule has 1 rings (SSSR count). The average molecular weight is 483 g/mol. The van der Waals surface area contributed by atoms with Crippen LogP contribution in [-0.4, -0.2) is 50.5 Å². The van der Waals surface area contributed by atoms with Gasteiger partial charge in [-0.3, -0.25) is 4.99 Å². The Balaban J connectivity index is 0.00000625. The largest absolute Gasteiger partial charge is 0.396 e. The van der Waals surface area contributed by atoms with Crippen LogP contribution in [0.15, 0.2) is 4.99 Å². The Kier molecular flexibility index (Phi) is 15.9. The summed E-state index contributed by atoms with van der Waals surface area (Å²) in [6.45, 7) is 10.9. The van der Waals surface area contributed by atoms with Gasteiger partial charge in [-0.05, 0) is 57.3 Å². The van der Waals surface area contributed by atoms with E-state index < -0.39 is 0 Å². The van der Waals surface area contributed by atoms with Crippen LogP contribution in [0.25, 0.3) is 0 Å². The molecule has 26 heavy (non-hydrogen) atoms. The summed E-state index contributed by atoms with van der Waals surface area (Å²) in [5.41, 5.74) is 0.325. The maximum absolute atomic E-state index is 9.23. The lowest BCUT2D eigenvalue weighted by Gasteiger charge is -2.27. The number of hydrogen-bond acceptors (Lipinski definition) is 3. The van der Waals surface area contributed by atoms with Crippen LogP contribution in [0.4, 0.5) is 0 Å². The standard InChI is InChI=1S/C20H41N3O2.HI/c1-4-9-18(10-14-24)16-22-19(21-5-2)23-17-20(11-7-8-12-20)13-15-25-6-3;/h18,24H,4-17H2,1-3H3,(H2,21,22,23);1H. The Morgan fingerprint density at radius 3 is 2.46 bits per heavy atom. The monoisotopic (exact) mass is 483 g/mol. The van der Waals surface area contributed by atoms with Crippen LogP contribution in [0.5, 0.6) is 0 Å². The molecule has 156 valence electrons.